The Morgan fingerprint density at radius 1 is 1.25 bits per heavy atom. The highest BCUT2D eigenvalue weighted by Gasteiger charge is 2.28. The first kappa shape index (κ1) is 13.0. The van der Waals surface area contributed by atoms with Gasteiger partial charge in [-0.25, -0.2) is 0 Å². The van der Waals surface area contributed by atoms with E-state index in [2.05, 4.69) is 16.0 Å². The number of aryl methyl sites for hydroxylation is 3. The van der Waals surface area contributed by atoms with Gasteiger partial charge in [0.15, 0.2) is 5.78 Å². The molecule has 1 aliphatic rings. The molecule has 0 saturated heterocycles. The van der Waals surface area contributed by atoms with Gasteiger partial charge in [0.1, 0.15) is 0 Å². The SMILES string of the molecule is Cc1cc(C(=O)C2CCCc3cccnc32)cc(C)n1. The van der Waals surface area contributed by atoms with Gasteiger partial charge in [0.25, 0.3) is 0 Å². The van der Waals surface area contributed by atoms with Crippen molar-refractivity contribution in [3.63, 3.8) is 0 Å². The van der Waals surface area contributed by atoms with Gasteiger partial charge in [0.2, 0.25) is 0 Å². The van der Waals surface area contributed by atoms with E-state index >= 15 is 0 Å². The lowest BCUT2D eigenvalue weighted by atomic mass is 9.82. The van der Waals surface area contributed by atoms with Crippen LogP contribution in [0.25, 0.3) is 0 Å². The lowest BCUT2D eigenvalue weighted by Gasteiger charge is -2.23. The van der Waals surface area contributed by atoms with E-state index in [0.717, 1.165) is 41.9 Å². The first-order valence-electron chi connectivity index (χ1n) is 7.08. The summed E-state index contributed by atoms with van der Waals surface area (Å²) in [4.78, 5) is 21.6. The van der Waals surface area contributed by atoms with Crippen molar-refractivity contribution in [2.45, 2.75) is 39.0 Å². The summed E-state index contributed by atoms with van der Waals surface area (Å²) in [7, 11) is 0. The number of nitrogens with zero attached hydrogens (tertiary/aromatic N) is 2. The largest absolute Gasteiger partial charge is 0.293 e. The van der Waals surface area contributed by atoms with E-state index in [1.165, 1.54) is 5.56 Å². The predicted octanol–water partition coefficient (Wildman–Crippen LogP) is 3.40. The molecule has 0 N–H and O–H groups in total. The molecule has 0 fully saturated rings. The summed E-state index contributed by atoms with van der Waals surface area (Å²) < 4.78 is 0. The number of fused-ring (bicyclic) bond motifs is 1. The zero-order valence-electron chi connectivity index (χ0n) is 11.9. The van der Waals surface area contributed by atoms with Crippen molar-refractivity contribution in [3.8, 4) is 0 Å². The fourth-order valence-corrected chi connectivity index (χ4v) is 3.04. The summed E-state index contributed by atoms with van der Waals surface area (Å²) in [5.41, 5.74) is 4.74. The number of ketones is 1. The van der Waals surface area contributed by atoms with Gasteiger partial charge in [-0.15, -0.1) is 0 Å². The van der Waals surface area contributed by atoms with Crippen LogP contribution in [0.1, 0.15) is 51.8 Å². The van der Waals surface area contributed by atoms with E-state index in [4.69, 9.17) is 0 Å². The maximum Gasteiger partial charge on any atom is 0.172 e. The number of Topliss-reactive ketones (excluding diaryl/α,β-unsaturated/α-hetero) is 1. The van der Waals surface area contributed by atoms with Crippen molar-refractivity contribution in [2.75, 3.05) is 0 Å². The molecule has 1 unspecified atom stereocenters. The van der Waals surface area contributed by atoms with Gasteiger partial charge in [0, 0.05) is 23.1 Å². The highest BCUT2D eigenvalue weighted by atomic mass is 16.1. The second-order valence-corrected chi connectivity index (χ2v) is 5.50. The summed E-state index contributed by atoms with van der Waals surface area (Å²) in [5.74, 6) is 0.0828. The van der Waals surface area contributed by atoms with E-state index in [0.29, 0.717) is 0 Å². The summed E-state index contributed by atoms with van der Waals surface area (Å²) in [6.45, 7) is 3.85. The second kappa shape index (κ2) is 5.16. The Bertz CT molecular complexity index is 644. The number of pyridine rings is 2. The molecule has 0 bridgehead atoms. The molecule has 0 radical (unpaired) electrons. The third kappa shape index (κ3) is 2.36. The van der Waals surface area contributed by atoms with Crippen LogP contribution in [-0.4, -0.2) is 15.8 Å². The Hall–Kier alpha value is -2.03. The molecule has 3 nitrogen and oxygen atoms in total. The fraction of sp³-hybridized carbons (Fsp3) is 0.353. The topological polar surface area (TPSA) is 42.9 Å². The van der Waals surface area contributed by atoms with Crippen molar-refractivity contribution >= 4 is 5.78 Å². The summed E-state index contributed by atoms with van der Waals surface area (Å²) in [6, 6.07) is 7.80. The number of hydrogen-bond acceptors (Lipinski definition) is 3. The first-order chi connectivity index (χ1) is 9.65. The van der Waals surface area contributed by atoms with Gasteiger partial charge in [0.05, 0.1) is 11.6 Å². The quantitative estimate of drug-likeness (QED) is 0.782. The van der Waals surface area contributed by atoms with Crippen molar-refractivity contribution in [2.24, 2.45) is 0 Å². The Labute approximate surface area is 119 Å². The Morgan fingerprint density at radius 2 is 2.00 bits per heavy atom. The van der Waals surface area contributed by atoms with E-state index in [9.17, 15) is 4.79 Å². The van der Waals surface area contributed by atoms with E-state index < -0.39 is 0 Å². The molecule has 2 heterocycles. The molecule has 3 heteroatoms. The smallest absolute Gasteiger partial charge is 0.172 e. The molecular weight excluding hydrogens is 248 g/mol. The second-order valence-electron chi connectivity index (χ2n) is 5.50. The summed E-state index contributed by atoms with van der Waals surface area (Å²) in [6.07, 6.45) is 4.76. The van der Waals surface area contributed by atoms with Crippen LogP contribution in [0, 0.1) is 13.8 Å². The van der Waals surface area contributed by atoms with Crippen LogP contribution in [0.3, 0.4) is 0 Å². The lowest BCUT2D eigenvalue weighted by Crippen LogP contribution is -2.20. The van der Waals surface area contributed by atoms with Gasteiger partial charge < -0.3 is 0 Å². The highest BCUT2D eigenvalue weighted by Crippen LogP contribution is 2.32. The molecule has 3 rings (SSSR count). The third-order valence-electron chi connectivity index (χ3n) is 3.88. The standard InChI is InChI=1S/C17H18N2O/c1-11-9-14(10-12(2)19-11)17(20)15-7-3-5-13-6-4-8-18-16(13)15/h4,6,8-10,15H,3,5,7H2,1-2H3. The molecule has 0 amide bonds. The van der Waals surface area contributed by atoms with Crippen LogP contribution in [0.2, 0.25) is 0 Å². The van der Waals surface area contributed by atoms with Crippen LogP contribution in [-0.2, 0) is 6.42 Å². The highest BCUT2D eigenvalue weighted by molar-refractivity contribution is 6.01. The normalized spacial score (nSPS) is 17.6. The lowest BCUT2D eigenvalue weighted by molar-refractivity contribution is 0.0948. The van der Waals surface area contributed by atoms with E-state index in [1.807, 2.05) is 32.0 Å². The van der Waals surface area contributed by atoms with Gasteiger partial charge >= 0.3 is 0 Å². The minimum absolute atomic E-state index is 0.0962. The summed E-state index contributed by atoms with van der Waals surface area (Å²) in [5, 5.41) is 0. The molecule has 2 aromatic heterocycles. The Kier molecular flexibility index (Phi) is 3.35. The molecule has 1 atom stereocenters. The number of carbonyl (C=O) groups excluding carboxylic acids is 1. The third-order valence-corrected chi connectivity index (χ3v) is 3.88. The molecule has 2 aromatic rings. The fourth-order valence-electron chi connectivity index (χ4n) is 3.04. The van der Waals surface area contributed by atoms with Gasteiger partial charge in [-0.05, 0) is 56.9 Å². The van der Waals surface area contributed by atoms with Gasteiger partial charge in [-0.3, -0.25) is 14.8 Å². The zero-order valence-corrected chi connectivity index (χ0v) is 11.9. The number of hydrogen-bond donors (Lipinski definition) is 0. The van der Waals surface area contributed by atoms with Crippen LogP contribution in [0.4, 0.5) is 0 Å². The molecule has 20 heavy (non-hydrogen) atoms. The van der Waals surface area contributed by atoms with Gasteiger partial charge in [-0.1, -0.05) is 6.07 Å². The maximum atomic E-state index is 12.8. The minimum Gasteiger partial charge on any atom is -0.293 e. The average Bonchev–Trinajstić information content (AvgIpc) is 2.45. The monoisotopic (exact) mass is 266 g/mol. The zero-order chi connectivity index (χ0) is 14.1. The van der Waals surface area contributed by atoms with E-state index in [-0.39, 0.29) is 11.7 Å². The first-order valence-corrected chi connectivity index (χ1v) is 7.08. The summed E-state index contributed by atoms with van der Waals surface area (Å²) >= 11 is 0. The number of aromatic nitrogens is 2. The molecular formula is C17H18N2O. The van der Waals surface area contributed by atoms with Crippen molar-refractivity contribution < 1.29 is 4.79 Å². The number of carbonyl (C=O) groups is 1. The van der Waals surface area contributed by atoms with E-state index in [1.54, 1.807) is 6.20 Å². The van der Waals surface area contributed by atoms with Crippen molar-refractivity contribution in [3.05, 3.63) is 58.7 Å². The molecule has 0 aromatic carbocycles. The molecule has 0 aliphatic heterocycles. The van der Waals surface area contributed by atoms with Crippen LogP contribution in [0.5, 0.6) is 0 Å². The molecule has 1 aliphatic carbocycles. The molecule has 0 spiro atoms. The number of rotatable bonds is 2. The average molecular weight is 266 g/mol. The maximum absolute atomic E-state index is 12.8. The minimum atomic E-state index is -0.0962. The van der Waals surface area contributed by atoms with Crippen LogP contribution in [0.15, 0.2) is 30.5 Å². The molecule has 0 saturated carbocycles. The Balaban J connectivity index is 1.99. The Morgan fingerprint density at radius 3 is 2.75 bits per heavy atom. The van der Waals surface area contributed by atoms with Crippen molar-refractivity contribution in [1.82, 2.24) is 9.97 Å². The predicted molar refractivity (Wildman–Crippen MR) is 78.0 cm³/mol. The van der Waals surface area contributed by atoms with Crippen LogP contribution < -0.4 is 0 Å². The van der Waals surface area contributed by atoms with Gasteiger partial charge in [-0.2, -0.15) is 0 Å². The van der Waals surface area contributed by atoms with Crippen LogP contribution >= 0.6 is 0 Å². The molecule has 102 valence electrons. The van der Waals surface area contributed by atoms with Crippen molar-refractivity contribution in [1.29, 1.82) is 0 Å².